The van der Waals surface area contributed by atoms with E-state index in [1.54, 1.807) is 23.9 Å². The van der Waals surface area contributed by atoms with Crippen LogP contribution in [0.5, 0.6) is 0 Å². The summed E-state index contributed by atoms with van der Waals surface area (Å²) in [5.41, 5.74) is 0.784. The number of aromatic nitrogens is 2. The molecule has 3 aromatic rings. The topological polar surface area (TPSA) is 87.8 Å². The van der Waals surface area contributed by atoms with Gasteiger partial charge in [0.1, 0.15) is 17.7 Å². The lowest BCUT2D eigenvalue weighted by molar-refractivity contribution is 0.560. The first-order valence-corrected chi connectivity index (χ1v) is 9.14. The van der Waals surface area contributed by atoms with Gasteiger partial charge in [0.2, 0.25) is 10.0 Å². The Morgan fingerprint density at radius 1 is 1.23 bits per heavy atom. The molecule has 3 rings (SSSR count). The number of hydrogen-bond donors (Lipinski definition) is 1. The Morgan fingerprint density at radius 2 is 1.96 bits per heavy atom. The summed E-state index contributed by atoms with van der Waals surface area (Å²) in [6, 6.07) is 12.3. The number of rotatable bonds is 5. The number of nitrogens with one attached hydrogen (secondary N) is 1. The summed E-state index contributed by atoms with van der Waals surface area (Å²) in [6.07, 6.45) is 3.22. The first-order valence-electron chi connectivity index (χ1n) is 7.66. The number of imidazole rings is 1. The zero-order chi connectivity index (χ0) is 18.7. The molecule has 0 radical (unpaired) electrons. The highest BCUT2D eigenvalue weighted by molar-refractivity contribution is 7.89. The van der Waals surface area contributed by atoms with Crippen molar-refractivity contribution in [2.24, 2.45) is 7.05 Å². The Hall–Kier alpha value is -3.02. The number of hydrogen-bond acceptors (Lipinski definition) is 4. The fourth-order valence-corrected chi connectivity index (χ4v) is 3.73. The maximum atomic E-state index is 13.7. The summed E-state index contributed by atoms with van der Waals surface area (Å²) in [7, 11) is -2.20. The van der Waals surface area contributed by atoms with E-state index in [0.29, 0.717) is 17.0 Å². The van der Waals surface area contributed by atoms with Crippen LogP contribution in [0.15, 0.2) is 65.8 Å². The quantitative estimate of drug-likeness (QED) is 0.747. The summed E-state index contributed by atoms with van der Waals surface area (Å²) in [6.45, 7) is 0. The van der Waals surface area contributed by atoms with Crippen LogP contribution in [0.3, 0.4) is 0 Å². The number of sulfonamides is 1. The molecule has 0 saturated carbocycles. The van der Waals surface area contributed by atoms with Crippen LogP contribution in [0.1, 0.15) is 23.0 Å². The predicted molar refractivity (Wildman–Crippen MR) is 92.9 cm³/mol. The molecule has 0 aliphatic rings. The van der Waals surface area contributed by atoms with Crippen molar-refractivity contribution in [3.63, 3.8) is 0 Å². The summed E-state index contributed by atoms with van der Waals surface area (Å²) < 4.78 is 43.5. The van der Waals surface area contributed by atoms with Crippen LogP contribution in [0.4, 0.5) is 4.39 Å². The van der Waals surface area contributed by atoms with Crippen molar-refractivity contribution in [1.82, 2.24) is 14.3 Å². The van der Waals surface area contributed by atoms with Crippen LogP contribution in [0.2, 0.25) is 0 Å². The van der Waals surface area contributed by atoms with Crippen LogP contribution in [-0.4, -0.2) is 18.0 Å². The molecule has 1 atom stereocenters. The van der Waals surface area contributed by atoms with Crippen LogP contribution in [0.25, 0.3) is 0 Å². The molecule has 8 heteroatoms. The van der Waals surface area contributed by atoms with Gasteiger partial charge in [-0.15, -0.1) is 0 Å². The van der Waals surface area contributed by atoms with Crippen molar-refractivity contribution < 1.29 is 12.8 Å². The van der Waals surface area contributed by atoms with Gasteiger partial charge in [-0.3, -0.25) is 0 Å². The van der Waals surface area contributed by atoms with E-state index in [1.807, 2.05) is 6.07 Å². The number of halogens is 1. The fraction of sp³-hybridized carbons (Fsp3) is 0.111. The first-order chi connectivity index (χ1) is 12.4. The molecule has 0 unspecified atom stereocenters. The molecule has 0 amide bonds. The standard InChI is InChI=1S/C18H15FN4O2S/c1-23-10-9-21-18(23)17(14-3-2-4-15(19)11-14)22-26(24,25)16-7-5-13(12-20)6-8-16/h2-11,17,22H,1H3/t17-/m0/s1. The molecule has 0 saturated heterocycles. The largest absolute Gasteiger partial charge is 0.336 e. The van der Waals surface area contributed by atoms with E-state index in [0.717, 1.165) is 0 Å². The van der Waals surface area contributed by atoms with Crippen LogP contribution in [0, 0.1) is 17.1 Å². The lowest BCUT2D eigenvalue weighted by atomic mass is 10.1. The second-order valence-electron chi connectivity index (χ2n) is 5.64. The van der Waals surface area contributed by atoms with Crippen molar-refractivity contribution in [2.45, 2.75) is 10.9 Å². The Balaban J connectivity index is 2.02. The van der Waals surface area contributed by atoms with Crippen molar-refractivity contribution in [1.29, 1.82) is 5.26 Å². The Bertz CT molecular complexity index is 1070. The second-order valence-corrected chi connectivity index (χ2v) is 7.36. The summed E-state index contributed by atoms with van der Waals surface area (Å²) in [5.74, 6) is -0.0490. The fourth-order valence-electron chi connectivity index (χ4n) is 2.54. The molecule has 132 valence electrons. The van der Waals surface area contributed by atoms with Crippen LogP contribution < -0.4 is 4.72 Å². The Kier molecular flexibility index (Phi) is 4.84. The normalized spacial score (nSPS) is 12.5. The lowest BCUT2D eigenvalue weighted by Gasteiger charge is -2.19. The van der Waals surface area contributed by atoms with Gasteiger partial charge in [0.15, 0.2) is 0 Å². The van der Waals surface area contributed by atoms with Crippen molar-refractivity contribution in [3.8, 4) is 6.07 Å². The monoisotopic (exact) mass is 370 g/mol. The first kappa shape index (κ1) is 17.8. The zero-order valence-corrected chi connectivity index (χ0v) is 14.6. The highest BCUT2D eigenvalue weighted by Gasteiger charge is 2.26. The minimum Gasteiger partial charge on any atom is -0.336 e. The lowest BCUT2D eigenvalue weighted by Crippen LogP contribution is -2.31. The maximum Gasteiger partial charge on any atom is 0.241 e. The number of nitrogens with zero attached hydrogens (tertiary/aromatic N) is 3. The van der Waals surface area contributed by atoms with Gasteiger partial charge in [0.05, 0.1) is 16.5 Å². The van der Waals surface area contributed by atoms with E-state index in [1.165, 1.54) is 48.7 Å². The maximum absolute atomic E-state index is 13.7. The Morgan fingerprint density at radius 3 is 2.54 bits per heavy atom. The molecule has 0 aliphatic carbocycles. The van der Waals surface area contributed by atoms with E-state index < -0.39 is 21.9 Å². The average Bonchev–Trinajstić information content (AvgIpc) is 3.05. The van der Waals surface area contributed by atoms with Gasteiger partial charge in [0.25, 0.3) is 0 Å². The molecule has 0 aliphatic heterocycles. The van der Waals surface area contributed by atoms with Gasteiger partial charge in [-0.25, -0.2) is 17.8 Å². The number of benzene rings is 2. The minimum atomic E-state index is -3.92. The molecule has 2 aromatic carbocycles. The van der Waals surface area contributed by atoms with Crippen LogP contribution in [-0.2, 0) is 17.1 Å². The molecule has 0 fully saturated rings. The molecular formula is C18H15FN4O2S. The van der Waals surface area contributed by atoms with Gasteiger partial charge < -0.3 is 4.57 Å². The summed E-state index contributed by atoms with van der Waals surface area (Å²) in [4.78, 5) is 4.20. The number of nitriles is 1. The van der Waals surface area contributed by atoms with Gasteiger partial charge in [-0.05, 0) is 42.0 Å². The van der Waals surface area contributed by atoms with Crippen LogP contribution >= 0.6 is 0 Å². The van der Waals surface area contributed by atoms with Gasteiger partial charge in [0, 0.05) is 19.4 Å². The molecule has 1 aromatic heterocycles. The minimum absolute atomic E-state index is 0.00659. The SMILES string of the molecule is Cn1ccnc1[C@@H](NS(=O)(=O)c1ccc(C#N)cc1)c1cccc(F)c1. The molecule has 1 heterocycles. The van der Waals surface area contributed by atoms with Gasteiger partial charge in [-0.2, -0.15) is 9.98 Å². The van der Waals surface area contributed by atoms with E-state index in [2.05, 4.69) is 9.71 Å². The third kappa shape index (κ3) is 3.64. The smallest absolute Gasteiger partial charge is 0.241 e. The van der Waals surface area contributed by atoms with E-state index in [-0.39, 0.29) is 4.90 Å². The highest BCUT2D eigenvalue weighted by Crippen LogP contribution is 2.24. The number of aryl methyl sites for hydroxylation is 1. The van der Waals surface area contributed by atoms with Crippen molar-refractivity contribution in [3.05, 3.63) is 83.7 Å². The molecule has 0 bridgehead atoms. The summed E-state index contributed by atoms with van der Waals surface area (Å²) >= 11 is 0. The summed E-state index contributed by atoms with van der Waals surface area (Å²) in [5, 5.41) is 8.85. The molecule has 1 N–H and O–H groups in total. The highest BCUT2D eigenvalue weighted by atomic mass is 32.2. The zero-order valence-electron chi connectivity index (χ0n) is 13.8. The molecule has 6 nitrogen and oxygen atoms in total. The van der Waals surface area contributed by atoms with Gasteiger partial charge >= 0.3 is 0 Å². The van der Waals surface area contributed by atoms with E-state index in [4.69, 9.17) is 5.26 Å². The Labute approximate surface area is 150 Å². The molecule has 0 spiro atoms. The molecular weight excluding hydrogens is 355 g/mol. The van der Waals surface area contributed by atoms with E-state index in [9.17, 15) is 12.8 Å². The van der Waals surface area contributed by atoms with Crippen molar-refractivity contribution >= 4 is 10.0 Å². The van der Waals surface area contributed by atoms with Gasteiger partial charge in [-0.1, -0.05) is 12.1 Å². The average molecular weight is 370 g/mol. The second kappa shape index (κ2) is 7.07. The van der Waals surface area contributed by atoms with Crippen molar-refractivity contribution in [2.75, 3.05) is 0 Å². The third-order valence-electron chi connectivity index (χ3n) is 3.87. The predicted octanol–water partition coefficient (Wildman–Crippen LogP) is 2.50. The molecule has 26 heavy (non-hydrogen) atoms. The van der Waals surface area contributed by atoms with E-state index >= 15 is 0 Å². The third-order valence-corrected chi connectivity index (χ3v) is 5.30.